The van der Waals surface area contributed by atoms with Crippen LogP contribution in [0.4, 0.5) is 16.2 Å². The summed E-state index contributed by atoms with van der Waals surface area (Å²) in [7, 11) is 3.13. The highest BCUT2D eigenvalue weighted by Gasteiger charge is 2.39. The number of hydrogen-bond donors (Lipinski definition) is 0. The van der Waals surface area contributed by atoms with Crippen molar-refractivity contribution < 1.29 is 23.8 Å². The number of fused-ring (bicyclic) bond motifs is 2. The molecule has 44 heavy (non-hydrogen) atoms. The number of carbonyl (C=O) groups is 2. The molecule has 0 aromatic heterocycles. The van der Waals surface area contributed by atoms with Crippen molar-refractivity contribution in [3.05, 3.63) is 70.8 Å². The number of aliphatic imine (C=N–C) groups is 1. The largest absolute Gasteiger partial charge is 0.496 e. The van der Waals surface area contributed by atoms with Gasteiger partial charge in [0.15, 0.2) is 6.29 Å². The van der Waals surface area contributed by atoms with Gasteiger partial charge < -0.3 is 24.0 Å². The highest BCUT2D eigenvalue weighted by molar-refractivity contribution is 8.15. The van der Waals surface area contributed by atoms with E-state index in [1.54, 1.807) is 26.0 Å². The molecule has 1 saturated heterocycles. The quantitative estimate of drug-likeness (QED) is 0.276. The molecule has 9 heteroatoms. The molecule has 0 spiro atoms. The molecule has 0 aliphatic carbocycles. The first kappa shape index (κ1) is 30.1. The Morgan fingerprint density at radius 2 is 1.68 bits per heavy atom. The number of anilines is 2. The van der Waals surface area contributed by atoms with Crippen LogP contribution in [0.3, 0.4) is 0 Å². The van der Waals surface area contributed by atoms with E-state index in [2.05, 4.69) is 48.2 Å². The number of piperidine rings is 1. The third kappa shape index (κ3) is 5.54. The minimum Gasteiger partial charge on any atom is -0.496 e. The van der Waals surface area contributed by atoms with Gasteiger partial charge in [-0.05, 0) is 68.9 Å². The van der Waals surface area contributed by atoms with E-state index in [9.17, 15) is 9.59 Å². The van der Waals surface area contributed by atoms with Gasteiger partial charge in [0.25, 0.3) is 0 Å². The monoisotopic (exact) mass is 613 g/mol. The highest BCUT2D eigenvalue weighted by Crippen LogP contribution is 2.44. The van der Waals surface area contributed by atoms with Gasteiger partial charge in [-0.15, -0.1) is 0 Å². The molecular formula is C35H39N3O5S. The molecule has 0 saturated carbocycles. The molecule has 2 unspecified atom stereocenters. The lowest BCUT2D eigenvalue weighted by atomic mass is 9.92. The Kier molecular flexibility index (Phi) is 8.09. The number of nitrogens with zero attached hydrogens (tertiary/aromatic N) is 3. The van der Waals surface area contributed by atoms with E-state index in [4.69, 9.17) is 19.2 Å². The summed E-state index contributed by atoms with van der Waals surface area (Å²) in [5, 5.41) is 1.28. The summed E-state index contributed by atoms with van der Waals surface area (Å²) < 4.78 is 16.7. The molecule has 0 bridgehead atoms. The molecule has 8 nitrogen and oxygen atoms in total. The van der Waals surface area contributed by atoms with Crippen LogP contribution in [0, 0.1) is 6.92 Å². The average Bonchev–Trinajstić information content (AvgIpc) is 3.64. The summed E-state index contributed by atoms with van der Waals surface area (Å²) in [5.41, 5.74) is 8.00. The first-order valence-electron chi connectivity index (χ1n) is 15.0. The van der Waals surface area contributed by atoms with E-state index in [-0.39, 0.29) is 17.4 Å². The number of carbonyl (C=O) groups excluding carboxylic acids is 2. The fraction of sp³-hybridized carbons (Fsp3) is 0.400. The van der Waals surface area contributed by atoms with Crippen molar-refractivity contribution in [2.75, 3.05) is 38.8 Å². The molecule has 0 N–H and O–H groups in total. The molecule has 3 aromatic carbocycles. The Balaban J connectivity index is 1.27. The second kappa shape index (κ2) is 11.8. The number of rotatable bonds is 6. The van der Waals surface area contributed by atoms with Gasteiger partial charge in [-0.1, -0.05) is 42.1 Å². The van der Waals surface area contributed by atoms with Gasteiger partial charge in [-0.2, -0.15) is 0 Å². The van der Waals surface area contributed by atoms with E-state index in [0.717, 1.165) is 47.7 Å². The highest BCUT2D eigenvalue weighted by atomic mass is 32.2. The maximum absolute atomic E-state index is 12.7. The van der Waals surface area contributed by atoms with Crippen LogP contribution in [0.25, 0.3) is 11.1 Å². The maximum Gasteiger partial charge on any atom is 0.410 e. The van der Waals surface area contributed by atoms with E-state index in [0.29, 0.717) is 30.2 Å². The van der Waals surface area contributed by atoms with Gasteiger partial charge in [0.1, 0.15) is 17.1 Å². The van der Waals surface area contributed by atoms with Gasteiger partial charge in [0, 0.05) is 48.7 Å². The minimum atomic E-state index is -0.509. The zero-order valence-electron chi connectivity index (χ0n) is 26.2. The molecule has 1 amide bonds. The zero-order valence-corrected chi connectivity index (χ0v) is 27.0. The van der Waals surface area contributed by atoms with Crippen LogP contribution < -0.4 is 14.4 Å². The Labute approximate surface area is 263 Å². The summed E-state index contributed by atoms with van der Waals surface area (Å²) in [4.78, 5) is 33.7. The Hall–Kier alpha value is -3.98. The van der Waals surface area contributed by atoms with Crippen molar-refractivity contribution in [2.45, 2.75) is 57.4 Å². The first-order chi connectivity index (χ1) is 21.1. The van der Waals surface area contributed by atoms with Gasteiger partial charge in [0.05, 0.1) is 36.1 Å². The maximum atomic E-state index is 12.7. The van der Waals surface area contributed by atoms with Crippen LogP contribution in [-0.2, 0) is 11.2 Å². The van der Waals surface area contributed by atoms with Crippen molar-refractivity contribution in [3.8, 4) is 22.6 Å². The van der Waals surface area contributed by atoms with Crippen molar-refractivity contribution in [1.82, 2.24) is 4.90 Å². The van der Waals surface area contributed by atoms with Crippen molar-refractivity contribution in [3.63, 3.8) is 0 Å². The summed E-state index contributed by atoms with van der Waals surface area (Å²) in [6.07, 6.45) is 2.25. The zero-order chi connectivity index (χ0) is 31.2. The number of likely N-dealkylation sites (tertiary alicyclic amines) is 1. The summed E-state index contributed by atoms with van der Waals surface area (Å²) >= 11 is 1.78. The van der Waals surface area contributed by atoms with Crippen LogP contribution >= 0.6 is 11.8 Å². The summed E-state index contributed by atoms with van der Waals surface area (Å²) in [6.45, 7) is 9.99. The molecule has 230 valence electrons. The average molecular weight is 614 g/mol. The van der Waals surface area contributed by atoms with Crippen LogP contribution in [0.15, 0.2) is 53.5 Å². The Morgan fingerprint density at radius 1 is 1.00 bits per heavy atom. The topological polar surface area (TPSA) is 80.7 Å². The first-order valence-corrected chi connectivity index (χ1v) is 15.9. The number of thioether (sulfide) groups is 1. The van der Waals surface area contributed by atoms with Crippen LogP contribution in [0.5, 0.6) is 11.5 Å². The predicted octanol–water partition coefficient (Wildman–Crippen LogP) is 7.06. The Morgan fingerprint density at radius 3 is 2.36 bits per heavy atom. The minimum absolute atomic E-state index is 0.200. The fourth-order valence-corrected chi connectivity index (χ4v) is 7.87. The van der Waals surface area contributed by atoms with Crippen molar-refractivity contribution in [1.29, 1.82) is 0 Å². The number of methoxy groups -OCH3 is 2. The normalized spacial score (nSPS) is 19.3. The van der Waals surface area contributed by atoms with Crippen LogP contribution in [0.1, 0.15) is 54.2 Å². The molecule has 1 fully saturated rings. The van der Waals surface area contributed by atoms with Crippen LogP contribution in [0.2, 0.25) is 0 Å². The fourth-order valence-electron chi connectivity index (χ4n) is 6.43. The van der Waals surface area contributed by atoms with E-state index in [1.165, 1.54) is 22.3 Å². The lowest BCUT2D eigenvalue weighted by Crippen LogP contribution is -2.47. The van der Waals surface area contributed by atoms with E-state index >= 15 is 0 Å². The SMILES string of the molecule is COc1cc(N2CCc3c(-c4cccc(C5=NC6CCN(C(=O)OC(C)(C)C)CC6S5)c4C)cccc32)cc(OC)c1C=O. The number of aldehydes is 1. The molecule has 3 heterocycles. The van der Waals surface area contributed by atoms with Crippen molar-refractivity contribution in [2.24, 2.45) is 4.99 Å². The van der Waals surface area contributed by atoms with Gasteiger partial charge >= 0.3 is 6.09 Å². The van der Waals surface area contributed by atoms with Crippen LogP contribution in [-0.4, -0.2) is 73.1 Å². The van der Waals surface area contributed by atoms with E-state index in [1.807, 2.05) is 37.8 Å². The molecule has 2 atom stereocenters. The molecule has 3 aliphatic heterocycles. The molecule has 3 aliphatic rings. The molecule has 3 aromatic rings. The predicted molar refractivity (Wildman–Crippen MR) is 176 cm³/mol. The third-order valence-electron chi connectivity index (χ3n) is 8.56. The Bertz CT molecular complexity index is 1620. The van der Waals surface area contributed by atoms with Gasteiger partial charge in [-0.3, -0.25) is 9.79 Å². The standard InChI is InChI=1S/C35H39N3O5S/c1-21-23(9-7-10-24(21)33-36-28-14-15-37(19-32(28)44-33)34(40)43-35(2,3)4)25-11-8-12-29-26(25)13-16-38(29)22-17-30(41-5)27(20-39)31(18-22)42-6/h7-12,17-18,20,28,32H,13-16,19H2,1-6H3. The lowest BCUT2D eigenvalue weighted by Gasteiger charge is -2.34. The van der Waals surface area contributed by atoms with Gasteiger partial charge in [-0.25, -0.2) is 4.79 Å². The second-order valence-corrected chi connectivity index (χ2v) is 13.7. The number of ether oxygens (including phenoxy) is 3. The van der Waals surface area contributed by atoms with Crippen molar-refractivity contribution >= 4 is 40.6 Å². The van der Waals surface area contributed by atoms with Gasteiger partial charge in [0.2, 0.25) is 0 Å². The summed E-state index contributed by atoms with van der Waals surface area (Å²) in [5.74, 6) is 0.985. The smallest absolute Gasteiger partial charge is 0.410 e. The molecule has 6 rings (SSSR count). The molecule has 0 radical (unpaired) electrons. The number of amides is 1. The third-order valence-corrected chi connectivity index (χ3v) is 9.88. The summed E-state index contributed by atoms with van der Waals surface area (Å²) in [6, 6.07) is 16.9. The lowest BCUT2D eigenvalue weighted by molar-refractivity contribution is 0.0213. The number of hydrogen-bond acceptors (Lipinski definition) is 8. The van der Waals surface area contributed by atoms with E-state index < -0.39 is 5.60 Å². The number of benzene rings is 3. The molecular weight excluding hydrogens is 574 g/mol. The second-order valence-electron chi connectivity index (χ2n) is 12.4.